The third kappa shape index (κ3) is 7.82. The van der Waals surface area contributed by atoms with Crippen molar-refractivity contribution in [3.63, 3.8) is 0 Å². The third-order valence-corrected chi connectivity index (χ3v) is 4.55. The Balaban J connectivity index is 1.63. The van der Waals surface area contributed by atoms with Crippen LogP contribution in [0.25, 0.3) is 6.08 Å². The topological polar surface area (TPSA) is 66.2 Å². The van der Waals surface area contributed by atoms with Gasteiger partial charge in [0.2, 0.25) is 5.91 Å². The summed E-state index contributed by atoms with van der Waals surface area (Å²) in [7, 11) is 0. The van der Waals surface area contributed by atoms with Crippen LogP contribution in [0.15, 0.2) is 79.0 Å². The van der Waals surface area contributed by atoms with Gasteiger partial charge < -0.3 is 9.64 Å². The highest BCUT2D eigenvalue weighted by molar-refractivity contribution is 5.91. The van der Waals surface area contributed by atoms with Crippen molar-refractivity contribution >= 4 is 12.0 Å². The van der Waals surface area contributed by atoms with Crippen molar-refractivity contribution in [2.24, 2.45) is 0 Å². The third-order valence-electron chi connectivity index (χ3n) is 4.55. The maximum absolute atomic E-state index is 13.0. The van der Waals surface area contributed by atoms with Crippen LogP contribution in [-0.2, 0) is 17.9 Å². The molecule has 0 aliphatic heterocycles. The fourth-order valence-electron chi connectivity index (χ4n) is 2.92. The largest absolute Gasteiger partial charge is 0.487 e. The van der Waals surface area contributed by atoms with Crippen LogP contribution in [0.3, 0.4) is 0 Å². The Labute approximate surface area is 189 Å². The number of carbonyl (C=O) groups excluding carboxylic acids is 1. The number of halogens is 3. The molecular weight excluding hydrogens is 431 g/mol. The summed E-state index contributed by atoms with van der Waals surface area (Å²) in [4.78, 5) is 17.4. The van der Waals surface area contributed by atoms with Crippen molar-refractivity contribution in [3.05, 3.63) is 101 Å². The van der Waals surface area contributed by atoms with E-state index in [9.17, 15) is 18.0 Å². The van der Waals surface area contributed by atoms with Crippen molar-refractivity contribution in [1.29, 1.82) is 5.26 Å². The number of nitrogens with zero attached hydrogens (tertiary/aromatic N) is 3. The Morgan fingerprint density at radius 1 is 1.06 bits per heavy atom. The number of amides is 1. The number of alkyl halides is 3. The molecule has 5 nitrogen and oxygen atoms in total. The number of aromatic nitrogens is 1. The fourth-order valence-corrected chi connectivity index (χ4v) is 2.92. The van der Waals surface area contributed by atoms with Crippen molar-refractivity contribution in [2.45, 2.75) is 19.3 Å². The van der Waals surface area contributed by atoms with E-state index in [1.807, 2.05) is 24.3 Å². The van der Waals surface area contributed by atoms with Gasteiger partial charge >= 0.3 is 6.18 Å². The molecule has 0 atom stereocenters. The number of rotatable bonds is 8. The van der Waals surface area contributed by atoms with Gasteiger partial charge in [-0.05, 0) is 53.6 Å². The molecule has 33 heavy (non-hydrogen) atoms. The molecule has 0 spiro atoms. The smallest absolute Gasteiger partial charge is 0.406 e. The number of benzene rings is 2. The lowest BCUT2D eigenvalue weighted by Gasteiger charge is -2.23. The van der Waals surface area contributed by atoms with Crippen LogP contribution < -0.4 is 4.74 Å². The Kier molecular flexibility index (Phi) is 7.82. The summed E-state index contributed by atoms with van der Waals surface area (Å²) in [6.07, 6.45) is -0.304. The Hall–Kier alpha value is -4.12. The maximum Gasteiger partial charge on any atom is 0.406 e. The van der Waals surface area contributed by atoms with Crippen LogP contribution in [0.1, 0.15) is 22.4 Å². The number of hydrogen-bond acceptors (Lipinski definition) is 4. The van der Waals surface area contributed by atoms with E-state index in [4.69, 9.17) is 10.00 Å². The minimum absolute atomic E-state index is 0.227. The first-order valence-electron chi connectivity index (χ1n) is 9.98. The SMILES string of the molecule is N#Cc1ccc(CN(CC(F)(F)F)C(=O)/C=C/c2ccc(OCc3ccccn3)cc2)cc1. The first-order chi connectivity index (χ1) is 15.8. The zero-order valence-electron chi connectivity index (χ0n) is 17.5. The molecule has 1 aromatic heterocycles. The maximum atomic E-state index is 13.0. The molecule has 3 aromatic rings. The summed E-state index contributed by atoms with van der Waals surface area (Å²) < 4.78 is 44.7. The molecular formula is C25H20F3N3O2. The monoisotopic (exact) mass is 451 g/mol. The average Bonchev–Trinajstić information content (AvgIpc) is 2.82. The van der Waals surface area contributed by atoms with Gasteiger partial charge in [0, 0.05) is 18.8 Å². The molecule has 2 aromatic carbocycles. The molecule has 0 saturated heterocycles. The molecule has 0 unspecified atom stereocenters. The lowest BCUT2D eigenvalue weighted by atomic mass is 10.1. The molecule has 0 radical (unpaired) electrons. The van der Waals surface area contributed by atoms with E-state index in [-0.39, 0.29) is 6.54 Å². The standard InChI is InChI=1S/C25H20F3N3O2/c26-25(27,28)18-31(16-21-6-4-20(15-29)5-7-21)24(32)13-10-19-8-11-23(12-9-19)33-17-22-3-1-2-14-30-22/h1-14H,16-18H2/b13-10+. The zero-order chi connectivity index (χ0) is 23.7. The number of pyridine rings is 1. The molecule has 1 amide bonds. The molecule has 8 heteroatoms. The van der Waals surface area contributed by atoms with E-state index in [1.54, 1.807) is 30.5 Å². The van der Waals surface area contributed by atoms with Gasteiger partial charge in [0.25, 0.3) is 0 Å². The predicted octanol–water partition coefficient (Wildman–Crippen LogP) is 5.14. The molecule has 3 rings (SSSR count). The molecule has 0 aliphatic carbocycles. The molecule has 0 saturated carbocycles. The lowest BCUT2D eigenvalue weighted by molar-refractivity contribution is -0.159. The first-order valence-corrected chi connectivity index (χ1v) is 9.98. The van der Waals surface area contributed by atoms with Crippen molar-refractivity contribution < 1.29 is 22.7 Å². The molecule has 0 bridgehead atoms. The lowest BCUT2D eigenvalue weighted by Crippen LogP contribution is -2.37. The van der Waals surface area contributed by atoms with Crippen molar-refractivity contribution in [3.8, 4) is 11.8 Å². The van der Waals surface area contributed by atoms with E-state index < -0.39 is 18.6 Å². The van der Waals surface area contributed by atoms with Gasteiger partial charge in [-0.2, -0.15) is 18.4 Å². The van der Waals surface area contributed by atoms with E-state index in [2.05, 4.69) is 4.98 Å². The first kappa shape index (κ1) is 23.5. The molecule has 0 fully saturated rings. The Morgan fingerprint density at radius 3 is 2.39 bits per heavy atom. The number of hydrogen-bond donors (Lipinski definition) is 0. The normalized spacial score (nSPS) is 11.2. The van der Waals surface area contributed by atoms with Crippen LogP contribution >= 0.6 is 0 Å². The van der Waals surface area contributed by atoms with E-state index in [0.717, 1.165) is 11.8 Å². The average molecular weight is 451 g/mol. The van der Waals surface area contributed by atoms with Gasteiger partial charge in [0.1, 0.15) is 18.9 Å². The summed E-state index contributed by atoms with van der Waals surface area (Å²) in [5, 5.41) is 8.85. The summed E-state index contributed by atoms with van der Waals surface area (Å²) in [6.45, 7) is -1.30. The second-order valence-corrected chi connectivity index (χ2v) is 7.13. The highest BCUT2D eigenvalue weighted by atomic mass is 19.4. The van der Waals surface area contributed by atoms with Crippen LogP contribution in [0.4, 0.5) is 13.2 Å². The fraction of sp³-hybridized carbons (Fsp3) is 0.160. The summed E-state index contributed by atoms with van der Waals surface area (Å²) >= 11 is 0. The van der Waals surface area contributed by atoms with Crippen molar-refractivity contribution in [2.75, 3.05) is 6.54 Å². The van der Waals surface area contributed by atoms with Gasteiger partial charge in [0.15, 0.2) is 0 Å². The van der Waals surface area contributed by atoms with Crippen LogP contribution in [0.2, 0.25) is 0 Å². The molecule has 0 aliphatic rings. The van der Waals surface area contributed by atoms with E-state index in [0.29, 0.717) is 33.9 Å². The van der Waals surface area contributed by atoms with Gasteiger partial charge in [0.05, 0.1) is 17.3 Å². The molecule has 0 N–H and O–H groups in total. The van der Waals surface area contributed by atoms with Gasteiger partial charge in [-0.25, -0.2) is 0 Å². The van der Waals surface area contributed by atoms with Gasteiger partial charge in [-0.15, -0.1) is 0 Å². The van der Waals surface area contributed by atoms with Crippen LogP contribution in [0, 0.1) is 11.3 Å². The van der Waals surface area contributed by atoms with Gasteiger partial charge in [-0.1, -0.05) is 30.3 Å². The highest BCUT2D eigenvalue weighted by Gasteiger charge is 2.32. The molecule has 168 valence electrons. The quantitative estimate of drug-likeness (QED) is 0.445. The summed E-state index contributed by atoms with van der Waals surface area (Å²) in [5.74, 6) is -0.171. The van der Waals surface area contributed by atoms with E-state index >= 15 is 0 Å². The Morgan fingerprint density at radius 2 is 1.79 bits per heavy atom. The van der Waals surface area contributed by atoms with Crippen LogP contribution in [-0.4, -0.2) is 28.5 Å². The Bertz CT molecular complexity index is 1120. The number of nitriles is 1. The second-order valence-electron chi connectivity index (χ2n) is 7.13. The number of carbonyl (C=O) groups is 1. The van der Waals surface area contributed by atoms with Crippen molar-refractivity contribution in [1.82, 2.24) is 9.88 Å². The van der Waals surface area contributed by atoms with E-state index in [1.165, 1.54) is 30.3 Å². The molecule has 1 heterocycles. The summed E-state index contributed by atoms with van der Waals surface area (Å²) in [5.41, 5.74) is 2.30. The summed E-state index contributed by atoms with van der Waals surface area (Å²) in [6, 6.07) is 20.3. The van der Waals surface area contributed by atoms with Crippen LogP contribution in [0.5, 0.6) is 5.75 Å². The minimum atomic E-state index is -4.54. The highest BCUT2D eigenvalue weighted by Crippen LogP contribution is 2.20. The minimum Gasteiger partial charge on any atom is -0.487 e. The second kappa shape index (κ2) is 11.0. The predicted molar refractivity (Wildman–Crippen MR) is 117 cm³/mol. The van der Waals surface area contributed by atoms with Gasteiger partial charge in [-0.3, -0.25) is 9.78 Å². The zero-order valence-corrected chi connectivity index (χ0v) is 17.5. The number of ether oxygens (including phenoxy) is 1.